The van der Waals surface area contributed by atoms with Crippen LogP contribution in [0.15, 0.2) is 36.4 Å². The van der Waals surface area contributed by atoms with Crippen LogP contribution >= 0.6 is 12.4 Å². The highest BCUT2D eigenvalue weighted by Crippen LogP contribution is 2.36. The predicted octanol–water partition coefficient (Wildman–Crippen LogP) is 1.57. The zero-order chi connectivity index (χ0) is 26.9. The number of morpholine rings is 1. The van der Waals surface area contributed by atoms with E-state index in [9.17, 15) is 28.3 Å². The second-order valence-corrected chi connectivity index (χ2v) is 8.55. The molecule has 38 heavy (non-hydrogen) atoms. The summed E-state index contributed by atoms with van der Waals surface area (Å²) in [6, 6.07) is 8.88. The number of fused-ring (bicyclic) bond motifs is 1. The van der Waals surface area contributed by atoms with Gasteiger partial charge in [-0.3, -0.25) is 19.8 Å². The molecule has 2 atom stereocenters. The first-order valence-corrected chi connectivity index (χ1v) is 11.3. The average molecular weight is 554 g/mol. The molecular formula is C24H26ClF2N5O6. The van der Waals surface area contributed by atoms with E-state index >= 15 is 0 Å². The van der Waals surface area contributed by atoms with E-state index in [-0.39, 0.29) is 42.6 Å². The number of amides is 3. The number of ether oxygens (including phenoxy) is 2. The van der Waals surface area contributed by atoms with Crippen LogP contribution in [0, 0.1) is 5.41 Å². The van der Waals surface area contributed by atoms with E-state index in [1.165, 1.54) is 37.2 Å². The quantitative estimate of drug-likeness (QED) is 0.407. The van der Waals surface area contributed by atoms with E-state index in [2.05, 4.69) is 15.4 Å². The zero-order valence-electron chi connectivity index (χ0n) is 20.4. The van der Waals surface area contributed by atoms with Crippen LogP contribution in [-0.4, -0.2) is 79.6 Å². The van der Waals surface area contributed by atoms with Gasteiger partial charge in [-0.15, -0.1) is 12.4 Å². The molecule has 0 aliphatic carbocycles. The molecule has 2 heterocycles. The number of aliphatic hydroxyl groups excluding tert-OH is 1. The van der Waals surface area contributed by atoms with E-state index < -0.39 is 42.3 Å². The van der Waals surface area contributed by atoms with Gasteiger partial charge in [0.2, 0.25) is 0 Å². The van der Waals surface area contributed by atoms with Gasteiger partial charge in [0.1, 0.15) is 5.84 Å². The molecule has 0 saturated carbocycles. The van der Waals surface area contributed by atoms with E-state index in [0.717, 1.165) is 10.5 Å². The summed E-state index contributed by atoms with van der Waals surface area (Å²) in [5.74, 6) is -2.63. The van der Waals surface area contributed by atoms with Crippen molar-refractivity contribution in [2.45, 2.75) is 25.4 Å². The van der Waals surface area contributed by atoms with Gasteiger partial charge in [-0.25, -0.2) is 0 Å². The molecule has 0 bridgehead atoms. The van der Waals surface area contributed by atoms with Crippen LogP contribution in [-0.2, 0) is 20.9 Å². The lowest BCUT2D eigenvalue weighted by atomic mass is 10.1. The lowest BCUT2D eigenvalue weighted by molar-refractivity contribution is -0.150. The highest BCUT2D eigenvalue weighted by molar-refractivity contribution is 6.07. The number of nitrogens with zero attached hydrogens (tertiary/aromatic N) is 2. The molecule has 14 heteroatoms. The van der Waals surface area contributed by atoms with Crippen LogP contribution in [0.4, 0.5) is 20.2 Å². The second-order valence-electron chi connectivity index (χ2n) is 8.55. The maximum absolute atomic E-state index is 13.3. The standard InChI is InChI=1S/C24H25F2N5O6.ClH/c1-30(2)22(34)15-4-3-5-16(18(15)37-24(25)26)31-8-9-36-19(23(31)35)17(32)21(33)29-13-6-7-14-12(10-13)11-28-20(14)27;/h3-7,10,17,19,24,32H,8-9,11H2,1-2H3,(H2,27,28)(H,29,33);1H/t17-,19-;/m1./s1. The third kappa shape index (κ3) is 5.69. The van der Waals surface area contributed by atoms with Gasteiger partial charge in [0.15, 0.2) is 18.0 Å². The number of nitrogens with one attached hydrogen (secondary N) is 3. The molecule has 0 spiro atoms. The Kier molecular flexibility index (Phi) is 8.86. The molecular weight excluding hydrogens is 528 g/mol. The summed E-state index contributed by atoms with van der Waals surface area (Å²) in [5.41, 5.74) is 1.52. The third-order valence-corrected chi connectivity index (χ3v) is 5.90. The molecule has 0 unspecified atom stereocenters. The Hall–Kier alpha value is -3.81. The number of halogens is 3. The lowest BCUT2D eigenvalue weighted by Gasteiger charge is -2.35. The number of rotatable bonds is 7. The summed E-state index contributed by atoms with van der Waals surface area (Å²) in [5, 5.41) is 23.8. The summed E-state index contributed by atoms with van der Waals surface area (Å²) < 4.78 is 36.5. The van der Waals surface area contributed by atoms with Gasteiger partial charge in [0.05, 0.1) is 17.9 Å². The molecule has 0 radical (unpaired) electrons. The summed E-state index contributed by atoms with van der Waals surface area (Å²) in [6.45, 7) is -3.07. The van der Waals surface area contributed by atoms with Gasteiger partial charge in [-0.2, -0.15) is 8.78 Å². The molecule has 2 aromatic carbocycles. The van der Waals surface area contributed by atoms with Gasteiger partial charge in [0.25, 0.3) is 17.7 Å². The van der Waals surface area contributed by atoms with Gasteiger partial charge < -0.3 is 35.0 Å². The van der Waals surface area contributed by atoms with Crippen LogP contribution in [0.25, 0.3) is 0 Å². The number of para-hydroxylation sites is 1. The summed E-state index contributed by atoms with van der Waals surface area (Å²) in [6.07, 6.45) is -3.56. The van der Waals surface area contributed by atoms with Crippen molar-refractivity contribution in [3.8, 4) is 5.75 Å². The molecule has 2 aromatic rings. The van der Waals surface area contributed by atoms with E-state index in [0.29, 0.717) is 17.8 Å². The Morgan fingerprint density at radius 1 is 1.29 bits per heavy atom. The molecule has 11 nitrogen and oxygen atoms in total. The van der Waals surface area contributed by atoms with Crippen molar-refractivity contribution in [3.63, 3.8) is 0 Å². The number of carbonyl (C=O) groups excluding carboxylic acids is 3. The molecule has 1 fully saturated rings. The van der Waals surface area contributed by atoms with E-state index in [4.69, 9.17) is 10.1 Å². The Morgan fingerprint density at radius 3 is 2.71 bits per heavy atom. The SMILES string of the molecule is CN(C)C(=O)c1cccc(N2CCO[C@H]([C@@H](O)C(=O)Nc3ccc4c(c3)CNC4=N)C2=O)c1OC(F)F.Cl. The largest absolute Gasteiger partial charge is 0.432 e. The zero-order valence-corrected chi connectivity index (χ0v) is 21.2. The second kappa shape index (κ2) is 11.7. The van der Waals surface area contributed by atoms with Crippen LogP contribution in [0.5, 0.6) is 5.75 Å². The molecule has 3 amide bonds. The Bertz CT molecular complexity index is 1260. The fourth-order valence-corrected chi connectivity index (χ4v) is 4.13. The fourth-order valence-electron chi connectivity index (χ4n) is 4.13. The highest BCUT2D eigenvalue weighted by Gasteiger charge is 2.41. The van der Waals surface area contributed by atoms with E-state index in [1.807, 2.05) is 0 Å². The first-order valence-electron chi connectivity index (χ1n) is 11.3. The van der Waals surface area contributed by atoms with Crippen LogP contribution in [0.2, 0.25) is 0 Å². The predicted molar refractivity (Wildman–Crippen MR) is 135 cm³/mol. The smallest absolute Gasteiger partial charge is 0.387 e. The summed E-state index contributed by atoms with van der Waals surface area (Å²) >= 11 is 0. The number of amidine groups is 1. The average Bonchev–Trinajstić information content (AvgIpc) is 3.23. The summed E-state index contributed by atoms with van der Waals surface area (Å²) in [4.78, 5) is 40.8. The van der Waals surface area contributed by atoms with E-state index in [1.54, 1.807) is 18.2 Å². The molecule has 2 aliphatic rings. The number of carbonyl (C=O) groups is 3. The number of anilines is 2. The first-order chi connectivity index (χ1) is 17.6. The van der Waals surface area contributed by atoms with Crippen molar-refractivity contribution in [2.75, 3.05) is 37.5 Å². The minimum atomic E-state index is -3.27. The van der Waals surface area contributed by atoms with Crippen molar-refractivity contribution >= 4 is 47.3 Å². The van der Waals surface area contributed by atoms with Crippen LogP contribution in [0.3, 0.4) is 0 Å². The van der Waals surface area contributed by atoms with Crippen molar-refractivity contribution < 1.29 is 37.7 Å². The maximum atomic E-state index is 13.3. The summed E-state index contributed by atoms with van der Waals surface area (Å²) in [7, 11) is 2.88. The van der Waals surface area contributed by atoms with Crippen LogP contribution in [0.1, 0.15) is 21.5 Å². The minimum Gasteiger partial charge on any atom is -0.432 e. The molecule has 0 aromatic heterocycles. The molecule has 4 rings (SSSR count). The molecule has 4 N–H and O–H groups in total. The third-order valence-electron chi connectivity index (χ3n) is 5.90. The molecule has 204 valence electrons. The molecule has 2 aliphatic heterocycles. The van der Waals surface area contributed by atoms with Gasteiger partial charge in [0, 0.05) is 38.4 Å². The Morgan fingerprint density at radius 2 is 2.03 bits per heavy atom. The number of hydrogen-bond acceptors (Lipinski definition) is 7. The fraction of sp³-hybridized carbons (Fsp3) is 0.333. The Labute approximate surface area is 222 Å². The van der Waals surface area contributed by atoms with Gasteiger partial charge in [-0.1, -0.05) is 6.07 Å². The maximum Gasteiger partial charge on any atom is 0.387 e. The lowest BCUT2D eigenvalue weighted by Crippen LogP contribution is -2.55. The monoisotopic (exact) mass is 553 g/mol. The van der Waals surface area contributed by atoms with Gasteiger partial charge in [-0.05, 0) is 35.9 Å². The first kappa shape index (κ1) is 28.8. The highest BCUT2D eigenvalue weighted by atomic mass is 35.5. The number of benzene rings is 2. The van der Waals surface area contributed by atoms with Crippen molar-refractivity contribution in [2.24, 2.45) is 0 Å². The van der Waals surface area contributed by atoms with Crippen molar-refractivity contribution in [1.29, 1.82) is 5.41 Å². The number of hydrogen-bond donors (Lipinski definition) is 4. The van der Waals surface area contributed by atoms with Crippen molar-refractivity contribution in [1.82, 2.24) is 10.2 Å². The van der Waals surface area contributed by atoms with Gasteiger partial charge >= 0.3 is 6.61 Å². The van der Waals surface area contributed by atoms with Crippen LogP contribution < -0.4 is 20.3 Å². The Balaban J connectivity index is 0.00000400. The molecule has 1 saturated heterocycles. The topological polar surface area (TPSA) is 144 Å². The number of alkyl halides is 2. The normalized spacial score (nSPS) is 17.3. The van der Waals surface area contributed by atoms with Crippen molar-refractivity contribution in [3.05, 3.63) is 53.1 Å². The minimum absolute atomic E-state index is 0. The number of aliphatic hydroxyl groups is 1.